The van der Waals surface area contributed by atoms with Gasteiger partial charge in [0.1, 0.15) is 11.5 Å². The first kappa shape index (κ1) is 11.7. The zero-order chi connectivity index (χ0) is 11.7. The van der Waals surface area contributed by atoms with Crippen LogP contribution in [0.15, 0.2) is 16.6 Å². The molecule has 0 spiro atoms. The van der Waals surface area contributed by atoms with E-state index < -0.39 is 0 Å². The summed E-state index contributed by atoms with van der Waals surface area (Å²) in [4.78, 5) is 0. The quantitative estimate of drug-likeness (QED) is 0.925. The summed E-state index contributed by atoms with van der Waals surface area (Å²) in [6.07, 6.45) is 1.15. The number of nitrogens with two attached hydrogens (primary N) is 1. The Morgan fingerprint density at radius 2 is 2.12 bits per heavy atom. The van der Waals surface area contributed by atoms with Crippen molar-refractivity contribution in [2.75, 3.05) is 20.8 Å². The summed E-state index contributed by atoms with van der Waals surface area (Å²) in [7, 11) is 3.34. The highest BCUT2D eigenvalue weighted by molar-refractivity contribution is 9.10. The molecule has 0 saturated heterocycles. The first-order chi connectivity index (χ1) is 7.71. The third-order valence-corrected chi connectivity index (χ3v) is 3.77. The third-order valence-electron chi connectivity index (χ3n) is 3.12. The van der Waals surface area contributed by atoms with Gasteiger partial charge in [0.15, 0.2) is 0 Å². The average molecular weight is 286 g/mol. The zero-order valence-corrected chi connectivity index (χ0v) is 11.1. The standard InChI is InChI=1S/C12H16BrNO2/c1-15-8-4-10(13)12(11(5-8)16-2)9-3-7(9)6-14/h4-5,7,9H,3,6,14H2,1-2H3/t7-,9+/m0/s1. The Bertz CT molecular complexity index is 395. The minimum atomic E-state index is 0.528. The largest absolute Gasteiger partial charge is 0.497 e. The molecular weight excluding hydrogens is 270 g/mol. The number of rotatable bonds is 4. The van der Waals surface area contributed by atoms with Gasteiger partial charge in [0.05, 0.1) is 14.2 Å². The van der Waals surface area contributed by atoms with Crippen LogP contribution in [0.2, 0.25) is 0 Å². The molecule has 2 rings (SSSR count). The molecule has 1 fully saturated rings. The fourth-order valence-electron chi connectivity index (χ4n) is 2.08. The molecule has 0 heterocycles. The predicted octanol–water partition coefficient (Wildman–Crippen LogP) is 2.53. The van der Waals surface area contributed by atoms with E-state index in [0.717, 1.165) is 28.9 Å². The van der Waals surface area contributed by atoms with Gasteiger partial charge in [-0.3, -0.25) is 0 Å². The van der Waals surface area contributed by atoms with Crippen LogP contribution in [0.1, 0.15) is 17.9 Å². The molecule has 0 aliphatic heterocycles. The Hall–Kier alpha value is -0.740. The summed E-state index contributed by atoms with van der Waals surface area (Å²) in [5.41, 5.74) is 6.90. The molecule has 1 aliphatic carbocycles. The van der Waals surface area contributed by atoms with E-state index in [-0.39, 0.29) is 0 Å². The molecule has 88 valence electrons. The van der Waals surface area contributed by atoms with Gasteiger partial charge in [0.25, 0.3) is 0 Å². The molecule has 0 aromatic heterocycles. The lowest BCUT2D eigenvalue weighted by Crippen LogP contribution is -2.03. The highest BCUT2D eigenvalue weighted by atomic mass is 79.9. The molecule has 2 N–H and O–H groups in total. The third kappa shape index (κ3) is 2.04. The van der Waals surface area contributed by atoms with Crippen LogP contribution in [-0.4, -0.2) is 20.8 Å². The molecule has 0 radical (unpaired) electrons. The van der Waals surface area contributed by atoms with Gasteiger partial charge >= 0.3 is 0 Å². The van der Waals surface area contributed by atoms with E-state index in [2.05, 4.69) is 15.9 Å². The van der Waals surface area contributed by atoms with Crippen molar-refractivity contribution in [2.45, 2.75) is 12.3 Å². The molecule has 1 saturated carbocycles. The van der Waals surface area contributed by atoms with Crippen molar-refractivity contribution < 1.29 is 9.47 Å². The average Bonchev–Trinajstić information content (AvgIpc) is 3.06. The zero-order valence-electron chi connectivity index (χ0n) is 9.50. The summed E-state index contributed by atoms with van der Waals surface area (Å²) in [5, 5.41) is 0. The minimum Gasteiger partial charge on any atom is -0.497 e. The topological polar surface area (TPSA) is 44.5 Å². The van der Waals surface area contributed by atoms with Crippen LogP contribution in [0.3, 0.4) is 0 Å². The van der Waals surface area contributed by atoms with Gasteiger partial charge in [0, 0.05) is 16.1 Å². The summed E-state index contributed by atoms with van der Waals surface area (Å²) >= 11 is 3.58. The molecule has 1 aliphatic rings. The van der Waals surface area contributed by atoms with Gasteiger partial charge in [-0.05, 0) is 30.9 Å². The fourth-order valence-corrected chi connectivity index (χ4v) is 2.79. The maximum Gasteiger partial charge on any atom is 0.127 e. The van der Waals surface area contributed by atoms with Crippen LogP contribution in [0, 0.1) is 5.92 Å². The highest BCUT2D eigenvalue weighted by Gasteiger charge is 2.40. The van der Waals surface area contributed by atoms with Crippen LogP contribution in [-0.2, 0) is 0 Å². The SMILES string of the molecule is COc1cc(Br)c([C@@H]2C[C@H]2CN)c(OC)c1. The summed E-state index contributed by atoms with van der Waals surface area (Å²) in [5.74, 6) is 2.81. The predicted molar refractivity (Wildman–Crippen MR) is 67.1 cm³/mol. The Kier molecular flexibility index (Phi) is 3.40. The van der Waals surface area contributed by atoms with Gasteiger partial charge in [-0.15, -0.1) is 0 Å². The van der Waals surface area contributed by atoms with Gasteiger partial charge in [-0.2, -0.15) is 0 Å². The summed E-state index contributed by atoms with van der Waals surface area (Å²) in [6.45, 7) is 0.742. The molecule has 0 amide bonds. The Labute approximate surface area is 104 Å². The second kappa shape index (κ2) is 4.63. The highest BCUT2D eigenvalue weighted by Crippen LogP contribution is 2.53. The second-order valence-electron chi connectivity index (χ2n) is 4.06. The molecule has 2 atom stereocenters. The van der Waals surface area contributed by atoms with Crippen molar-refractivity contribution in [2.24, 2.45) is 11.7 Å². The summed E-state index contributed by atoms with van der Waals surface area (Å²) < 4.78 is 11.7. The monoisotopic (exact) mass is 285 g/mol. The maximum atomic E-state index is 5.68. The Balaban J connectivity index is 2.36. The number of hydrogen-bond donors (Lipinski definition) is 1. The van der Waals surface area contributed by atoms with E-state index >= 15 is 0 Å². The lowest BCUT2D eigenvalue weighted by atomic mass is 10.1. The van der Waals surface area contributed by atoms with Gasteiger partial charge in [0.2, 0.25) is 0 Å². The van der Waals surface area contributed by atoms with Crippen LogP contribution in [0.25, 0.3) is 0 Å². The van der Waals surface area contributed by atoms with Crippen molar-refractivity contribution >= 4 is 15.9 Å². The lowest BCUT2D eigenvalue weighted by molar-refractivity contribution is 0.390. The Morgan fingerprint density at radius 3 is 2.62 bits per heavy atom. The maximum absolute atomic E-state index is 5.68. The van der Waals surface area contributed by atoms with Crippen molar-refractivity contribution in [3.63, 3.8) is 0 Å². The molecule has 0 unspecified atom stereocenters. The van der Waals surface area contributed by atoms with Crippen LogP contribution in [0.4, 0.5) is 0 Å². The number of hydrogen-bond acceptors (Lipinski definition) is 3. The van der Waals surface area contributed by atoms with Crippen LogP contribution >= 0.6 is 15.9 Å². The van der Waals surface area contributed by atoms with Crippen molar-refractivity contribution in [1.29, 1.82) is 0 Å². The number of halogens is 1. The van der Waals surface area contributed by atoms with E-state index in [1.54, 1.807) is 14.2 Å². The smallest absolute Gasteiger partial charge is 0.127 e. The number of ether oxygens (including phenoxy) is 2. The van der Waals surface area contributed by atoms with E-state index in [0.29, 0.717) is 11.8 Å². The second-order valence-corrected chi connectivity index (χ2v) is 4.92. The van der Waals surface area contributed by atoms with Gasteiger partial charge in [-0.25, -0.2) is 0 Å². The molecule has 1 aromatic rings. The normalized spacial score (nSPS) is 23.0. The first-order valence-corrected chi connectivity index (χ1v) is 6.12. The lowest BCUT2D eigenvalue weighted by Gasteiger charge is -2.12. The fraction of sp³-hybridized carbons (Fsp3) is 0.500. The van der Waals surface area contributed by atoms with Crippen molar-refractivity contribution in [3.05, 3.63) is 22.2 Å². The summed E-state index contributed by atoms with van der Waals surface area (Å²) in [6, 6.07) is 3.90. The minimum absolute atomic E-state index is 0.528. The van der Waals surface area contributed by atoms with E-state index in [1.165, 1.54) is 5.56 Å². The number of methoxy groups -OCH3 is 2. The molecular formula is C12H16BrNO2. The molecule has 1 aromatic carbocycles. The van der Waals surface area contributed by atoms with Gasteiger partial charge in [-0.1, -0.05) is 15.9 Å². The van der Waals surface area contributed by atoms with Crippen LogP contribution in [0.5, 0.6) is 11.5 Å². The van der Waals surface area contributed by atoms with Crippen molar-refractivity contribution in [3.8, 4) is 11.5 Å². The first-order valence-electron chi connectivity index (χ1n) is 5.32. The van der Waals surface area contributed by atoms with Crippen molar-refractivity contribution in [1.82, 2.24) is 0 Å². The van der Waals surface area contributed by atoms with Gasteiger partial charge < -0.3 is 15.2 Å². The van der Waals surface area contributed by atoms with E-state index in [1.807, 2.05) is 12.1 Å². The number of benzene rings is 1. The van der Waals surface area contributed by atoms with E-state index in [4.69, 9.17) is 15.2 Å². The Morgan fingerprint density at radius 1 is 1.38 bits per heavy atom. The molecule has 4 heteroatoms. The molecule has 16 heavy (non-hydrogen) atoms. The van der Waals surface area contributed by atoms with Crippen LogP contribution < -0.4 is 15.2 Å². The molecule has 3 nitrogen and oxygen atoms in total. The van der Waals surface area contributed by atoms with E-state index in [9.17, 15) is 0 Å². The molecule has 0 bridgehead atoms.